The van der Waals surface area contributed by atoms with Crippen molar-refractivity contribution in [2.45, 2.75) is 45.3 Å². The van der Waals surface area contributed by atoms with Gasteiger partial charge < -0.3 is 14.2 Å². The smallest absolute Gasteiger partial charge is 0.331 e. The van der Waals surface area contributed by atoms with E-state index >= 15 is 0 Å². The van der Waals surface area contributed by atoms with Crippen LogP contribution < -0.4 is 0 Å². The topological polar surface area (TPSA) is 65.1 Å². The molecular formula is C16H27NO5. The van der Waals surface area contributed by atoms with Crippen molar-refractivity contribution in [1.82, 2.24) is 4.90 Å². The van der Waals surface area contributed by atoms with Crippen molar-refractivity contribution in [3.63, 3.8) is 0 Å². The van der Waals surface area contributed by atoms with Gasteiger partial charge in [0.1, 0.15) is 5.60 Å². The molecule has 0 aromatic rings. The van der Waals surface area contributed by atoms with Gasteiger partial charge in [0.2, 0.25) is 0 Å². The first-order valence-corrected chi connectivity index (χ1v) is 7.48. The average Bonchev–Trinajstić information content (AvgIpc) is 2.44. The van der Waals surface area contributed by atoms with E-state index in [0.717, 1.165) is 38.5 Å². The van der Waals surface area contributed by atoms with Crippen molar-refractivity contribution in [1.29, 1.82) is 0 Å². The molecule has 126 valence electrons. The summed E-state index contributed by atoms with van der Waals surface area (Å²) in [7, 11) is 1.26. The predicted octanol–water partition coefficient (Wildman–Crippen LogP) is 1.54. The van der Waals surface area contributed by atoms with Gasteiger partial charge in [0.05, 0.1) is 20.3 Å². The van der Waals surface area contributed by atoms with Crippen LogP contribution in [-0.2, 0) is 23.8 Å². The van der Waals surface area contributed by atoms with Crippen LogP contribution in [0.1, 0.15) is 34.1 Å². The fraction of sp³-hybridized carbons (Fsp3) is 0.750. The Morgan fingerprint density at radius 1 is 1.09 bits per heavy atom. The Kier molecular flexibility index (Phi) is 6.56. The van der Waals surface area contributed by atoms with Crippen molar-refractivity contribution in [2.24, 2.45) is 0 Å². The van der Waals surface area contributed by atoms with Crippen LogP contribution in [0.2, 0.25) is 0 Å². The zero-order valence-electron chi connectivity index (χ0n) is 14.2. The van der Waals surface area contributed by atoms with Crippen molar-refractivity contribution in [2.75, 3.05) is 33.4 Å². The lowest BCUT2D eigenvalue weighted by Gasteiger charge is -2.44. The molecule has 0 atom stereocenters. The number of hydrogen-bond acceptors (Lipinski definition) is 6. The van der Waals surface area contributed by atoms with Crippen LogP contribution in [0.4, 0.5) is 0 Å². The molecule has 0 amide bonds. The van der Waals surface area contributed by atoms with E-state index < -0.39 is 17.5 Å². The number of ether oxygens (including phenoxy) is 3. The third-order valence-electron chi connectivity index (χ3n) is 3.66. The van der Waals surface area contributed by atoms with Gasteiger partial charge in [0.25, 0.3) is 0 Å². The molecule has 0 aliphatic carbocycles. The van der Waals surface area contributed by atoms with Gasteiger partial charge >= 0.3 is 11.9 Å². The van der Waals surface area contributed by atoms with E-state index in [1.807, 2.05) is 13.8 Å². The van der Waals surface area contributed by atoms with Crippen molar-refractivity contribution in [3.8, 4) is 0 Å². The molecule has 0 unspecified atom stereocenters. The fourth-order valence-electron chi connectivity index (χ4n) is 2.87. The third-order valence-corrected chi connectivity index (χ3v) is 3.66. The molecular weight excluding hydrogens is 286 g/mol. The van der Waals surface area contributed by atoms with Gasteiger partial charge in [-0.1, -0.05) is 0 Å². The van der Waals surface area contributed by atoms with Crippen LogP contribution in [-0.4, -0.2) is 61.4 Å². The van der Waals surface area contributed by atoms with E-state index in [-0.39, 0.29) is 5.54 Å². The zero-order valence-corrected chi connectivity index (χ0v) is 14.2. The standard InChI is InChI=1S/C16H27NO5/c1-15(2,17-8-10-21-11-9-17)12-16(3,4)22-14(19)7-6-13(18)20-5/h6-7H,8-12H2,1-5H3. The molecule has 0 radical (unpaired) electrons. The van der Waals surface area contributed by atoms with E-state index in [1.54, 1.807) is 0 Å². The Labute approximate surface area is 132 Å². The van der Waals surface area contributed by atoms with Crippen molar-refractivity contribution < 1.29 is 23.8 Å². The maximum atomic E-state index is 11.8. The minimum Gasteiger partial charge on any atom is -0.466 e. The van der Waals surface area contributed by atoms with E-state index in [9.17, 15) is 9.59 Å². The third kappa shape index (κ3) is 6.15. The highest BCUT2D eigenvalue weighted by Crippen LogP contribution is 2.29. The summed E-state index contributed by atoms with van der Waals surface area (Å²) in [6, 6.07) is 0. The van der Waals surface area contributed by atoms with Gasteiger partial charge in [-0.15, -0.1) is 0 Å². The lowest BCUT2D eigenvalue weighted by Crippen LogP contribution is -2.53. The van der Waals surface area contributed by atoms with E-state index in [4.69, 9.17) is 9.47 Å². The maximum absolute atomic E-state index is 11.8. The number of carbonyl (C=O) groups is 2. The Morgan fingerprint density at radius 2 is 1.64 bits per heavy atom. The van der Waals surface area contributed by atoms with Gasteiger partial charge in [-0.25, -0.2) is 9.59 Å². The molecule has 1 fully saturated rings. The summed E-state index contributed by atoms with van der Waals surface area (Å²) >= 11 is 0. The van der Waals surface area contributed by atoms with Gasteiger partial charge in [0, 0.05) is 37.2 Å². The summed E-state index contributed by atoms with van der Waals surface area (Å²) in [5.74, 6) is -1.13. The van der Waals surface area contributed by atoms with Gasteiger partial charge in [-0.2, -0.15) is 0 Å². The van der Waals surface area contributed by atoms with Crippen LogP contribution in [0.25, 0.3) is 0 Å². The number of esters is 2. The zero-order chi connectivity index (χ0) is 16.8. The average molecular weight is 313 g/mol. The Bertz CT molecular complexity index is 422. The first-order valence-electron chi connectivity index (χ1n) is 7.48. The van der Waals surface area contributed by atoms with Crippen LogP contribution >= 0.6 is 0 Å². The number of nitrogens with zero attached hydrogens (tertiary/aromatic N) is 1. The van der Waals surface area contributed by atoms with Crippen LogP contribution in [0.5, 0.6) is 0 Å². The minimum absolute atomic E-state index is 0.111. The van der Waals surface area contributed by atoms with Gasteiger partial charge in [-0.05, 0) is 27.7 Å². The molecule has 1 heterocycles. The Balaban J connectivity index is 2.59. The molecule has 22 heavy (non-hydrogen) atoms. The Hall–Kier alpha value is -1.40. The summed E-state index contributed by atoms with van der Waals surface area (Å²) in [5, 5.41) is 0. The molecule has 1 aliphatic rings. The fourth-order valence-corrected chi connectivity index (χ4v) is 2.87. The molecule has 0 bridgehead atoms. The molecule has 0 saturated carbocycles. The van der Waals surface area contributed by atoms with E-state index in [0.29, 0.717) is 6.42 Å². The number of hydrogen-bond donors (Lipinski definition) is 0. The summed E-state index contributed by atoms with van der Waals surface area (Å²) in [6.45, 7) is 11.2. The minimum atomic E-state index is -0.640. The largest absolute Gasteiger partial charge is 0.466 e. The second kappa shape index (κ2) is 7.74. The summed E-state index contributed by atoms with van der Waals surface area (Å²) in [6.07, 6.45) is 2.83. The summed E-state index contributed by atoms with van der Waals surface area (Å²) in [5.41, 5.74) is -0.751. The highest BCUT2D eigenvalue weighted by molar-refractivity contribution is 5.91. The number of carbonyl (C=O) groups excluding carboxylic acids is 2. The molecule has 1 rings (SSSR count). The highest BCUT2D eigenvalue weighted by atomic mass is 16.6. The first-order chi connectivity index (χ1) is 10.2. The van der Waals surface area contributed by atoms with Crippen LogP contribution in [0, 0.1) is 0 Å². The van der Waals surface area contributed by atoms with Gasteiger partial charge in [0.15, 0.2) is 0 Å². The molecule has 0 aromatic carbocycles. The normalized spacial score (nSPS) is 17.5. The second-order valence-electron chi connectivity index (χ2n) is 6.63. The molecule has 0 N–H and O–H groups in total. The van der Waals surface area contributed by atoms with Crippen molar-refractivity contribution >= 4 is 11.9 Å². The maximum Gasteiger partial charge on any atom is 0.331 e. The van der Waals surface area contributed by atoms with Crippen LogP contribution in [0.15, 0.2) is 12.2 Å². The number of rotatable bonds is 6. The Morgan fingerprint density at radius 3 is 2.18 bits per heavy atom. The van der Waals surface area contributed by atoms with E-state index in [2.05, 4.69) is 23.5 Å². The second-order valence-corrected chi connectivity index (χ2v) is 6.63. The SMILES string of the molecule is COC(=O)C=CC(=O)OC(C)(C)CC(C)(C)N1CCOCC1. The van der Waals surface area contributed by atoms with Crippen LogP contribution in [0.3, 0.4) is 0 Å². The first kappa shape index (κ1) is 18.6. The van der Waals surface area contributed by atoms with Crippen molar-refractivity contribution in [3.05, 3.63) is 12.2 Å². The van der Waals surface area contributed by atoms with E-state index in [1.165, 1.54) is 7.11 Å². The summed E-state index contributed by atoms with van der Waals surface area (Å²) in [4.78, 5) is 25.1. The quantitative estimate of drug-likeness (QED) is 0.547. The molecule has 0 spiro atoms. The number of methoxy groups -OCH3 is 1. The summed E-state index contributed by atoms with van der Waals surface area (Å²) < 4.78 is 15.3. The highest BCUT2D eigenvalue weighted by Gasteiger charge is 2.36. The lowest BCUT2D eigenvalue weighted by atomic mass is 9.87. The molecule has 6 nitrogen and oxygen atoms in total. The number of morpholine rings is 1. The van der Waals surface area contributed by atoms with Gasteiger partial charge in [-0.3, -0.25) is 4.90 Å². The molecule has 6 heteroatoms. The molecule has 0 aromatic heterocycles. The molecule has 1 aliphatic heterocycles. The lowest BCUT2D eigenvalue weighted by molar-refractivity contribution is -0.154. The monoisotopic (exact) mass is 313 g/mol. The molecule has 1 saturated heterocycles. The predicted molar refractivity (Wildman–Crippen MR) is 82.4 cm³/mol.